The number of aromatic nitrogens is 4. The van der Waals surface area contributed by atoms with Crippen LogP contribution in [-0.4, -0.2) is 62.0 Å². The largest absolute Gasteiger partial charge is 0.309 e. The van der Waals surface area contributed by atoms with E-state index >= 15 is 0 Å². The molecule has 7 nitrogen and oxygen atoms in total. The van der Waals surface area contributed by atoms with E-state index < -0.39 is 0 Å². The van der Waals surface area contributed by atoms with Crippen LogP contribution in [0.2, 0.25) is 0 Å². The van der Waals surface area contributed by atoms with Gasteiger partial charge in [0.25, 0.3) is 0 Å². The topological polar surface area (TPSA) is 70.1 Å². The molecule has 33 heavy (non-hydrogen) atoms. The summed E-state index contributed by atoms with van der Waals surface area (Å²) < 4.78 is 1.18. The second-order valence-electron chi connectivity index (χ2n) is 8.84. The number of hydrogen-bond donors (Lipinski definition) is 1. The molecule has 4 aromatic rings. The lowest BCUT2D eigenvalue weighted by Crippen LogP contribution is -2.48. The molecule has 0 aliphatic carbocycles. The van der Waals surface area contributed by atoms with Gasteiger partial charge in [0.15, 0.2) is 0 Å². The summed E-state index contributed by atoms with van der Waals surface area (Å²) in [5.41, 5.74) is 7.05. The van der Waals surface area contributed by atoms with Gasteiger partial charge in [-0.3, -0.25) is 9.80 Å². The van der Waals surface area contributed by atoms with E-state index in [0.29, 0.717) is 12.0 Å². The van der Waals surface area contributed by atoms with E-state index in [9.17, 15) is 0 Å². The molecule has 3 aromatic heterocycles. The Morgan fingerprint density at radius 3 is 2.61 bits per heavy atom. The number of nitrogens with zero attached hydrogens (tertiary/aromatic N) is 6. The van der Waals surface area contributed by atoms with E-state index in [2.05, 4.69) is 68.2 Å². The molecule has 1 aliphatic rings. The van der Waals surface area contributed by atoms with Crippen LogP contribution < -0.4 is 5.32 Å². The minimum absolute atomic E-state index is 0.541. The van der Waals surface area contributed by atoms with Crippen molar-refractivity contribution in [2.45, 2.75) is 33.4 Å². The predicted octanol–water partition coefficient (Wildman–Crippen LogP) is 4.73. The summed E-state index contributed by atoms with van der Waals surface area (Å²) >= 11 is 1.64. The molecule has 0 radical (unpaired) electrons. The van der Waals surface area contributed by atoms with Crippen LogP contribution >= 0.6 is 11.3 Å². The molecule has 1 aromatic carbocycles. The van der Waals surface area contributed by atoms with Crippen molar-refractivity contribution in [2.75, 3.05) is 31.5 Å². The Balaban J connectivity index is 1.25. The van der Waals surface area contributed by atoms with Gasteiger partial charge in [-0.05, 0) is 50.1 Å². The third-order valence-corrected chi connectivity index (χ3v) is 6.99. The number of anilines is 2. The highest BCUT2D eigenvalue weighted by molar-refractivity contribution is 7.16. The monoisotopic (exact) mass is 459 g/mol. The quantitative estimate of drug-likeness (QED) is 0.447. The van der Waals surface area contributed by atoms with Crippen molar-refractivity contribution in [2.24, 2.45) is 0 Å². The van der Waals surface area contributed by atoms with Crippen LogP contribution in [0.3, 0.4) is 0 Å². The Morgan fingerprint density at radius 2 is 1.85 bits per heavy atom. The Morgan fingerprint density at radius 1 is 1.00 bits per heavy atom. The SMILES string of the molecule is Cc1cnc(Nc2ccc(CN3CCN(C(C)C)CC3)cn2)nc1-c1ccc2scnc2c1. The van der Waals surface area contributed by atoms with Gasteiger partial charge in [0.2, 0.25) is 5.95 Å². The molecule has 1 saturated heterocycles. The number of fused-ring (bicyclic) bond motifs is 1. The van der Waals surface area contributed by atoms with Gasteiger partial charge in [0.05, 0.1) is 21.4 Å². The highest BCUT2D eigenvalue weighted by atomic mass is 32.1. The van der Waals surface area contributed by atoms with E-state index in [1.807, 2.05) is 30.9 Å². The molecular formula is C25H29N7S. The summed E-state index contributed by atoms with van der Waals surface area (Å²) in [7, 11) is 0. The summed E-state index contributed by atoms with van der Waals surface area (Å²) in [6.45, 7) is 12.0. The van der Waals surface area contributed by atoms with Crippen molar-refractivity contribution >= 4 is 33.3 Å². The fraction of sp³-hybridized carbons (Fsp3) is 0.360. The van der Waals surface area contributed by atoms with Gasteiger partial charge < -0.3 is 5.32 Å². The van der Waals surface area contributed by atoms with E-state index in [4.69, 9.17) is 4.98 Å². The molecule has 1 aliphatic heterocycles. The number of nitrogens with one attached hydrogen (secondary N) is 1. The van der Waals surface area contributed by atoms with E-state index in [0.717, 1.165) is 60.9 Å². The first kappa shape index (κ1) is 21.9. The van der Waals surface area contributed by atoms with Gasteiger partial charge in [-0.1, -0.05) is 12.1 Å². The second kappa shape index (κ2) is 9.51. The normalized spacial score (nSPS) is 15.4. The standard InChI is InChI=1S/C25H29N7S/c1-17(2)32-10-8-31(9-11-32)15-19-4-7-23(26-14-19)29-25-27-13-18(3)24(30-25)20-5-6-22-21(12-20)28-16-33-22/h4-7,12-14,16-17H,8-11,15H2,1-3H3,(H,26,27,29,30). The van der Waals surface area contributed by atoms with Gasteiger partial charge >= 0.3 is 0 Å². The Kier molecular flexibility index (Phi) is 6.30. The Labute approximate surface area is 198 Å². The number of pyridine rings is 1. The zero-order valence-corrected chi connectivity index (χ0v) is 20.1. The molecular weight excluding hydrogens is 430 g/mol. The van der Waals surface area contributed by atoms with Crippen LogP contribution in [0.25, 0.3) is 21.5 Å². The number of thiazole rings is 1. The Bertz CT molecular complexity index is 1230. The molecule has 1 fully saturated rings. The molecule has 4 heterocycles. The number of aryl methyl sites for hydroxylation is 1. The van der Waals surface area contributed by atoms with Gasteiger partial charge in [-0.25, -0.2) is 19.9 Å². The summed E-state index contributed by atoms with van der Waals surface area (Å²) in [5.74, 6) is 1.28. The Hall–Kier alpha value is -2.94. The maximum atomic E-state index is 4.77. The van der Waals surface area contributed by atoms with Crippen molar-refractivity contribution in [3.63, 3.8) is 0 Å². The number of rotatable bonds is 6. The lowest BCUT2D eigenvalue weighted by atomic mass is 10.1. The minimum Gasteiger partial charge on any atom is -0.309 e. The van der Waals surface area contributed by atoms with E-state index in [-0.39, 0.29) is 0 Å². The predicted molar refractivity (Wildman–Crippen MR) is 135 cm³/mol. The minimum atomic E-state index is 0.541. The maximum Gasteiger partial charge on any atom is 0.228 e. The molecule has 0 atom stereocenters. The lowest BCUT2D eigenvalue weighted by molar-refractivity contribution is 0.104. The van der Waals surface area contributed by atoms with Crippen LogP contribution in [0.5, 0.6) is 0 Å². The fourth-order valence-electron chi connectivity index (χ4n) is 4.20. The molecule has 0 saturated carbocycles. The van der Waals surface area contributed by atoms with Gasteiger partial charge in [0, 0.05) is 56.7 Å². The number of benzene rings is 1. The first-order valence-electron chi connectivity index (χ1n) is 11.4. The number of piperazine rings is 1. The summed E-state index contributed by atoms with van der Waals surface area (Å²) in [4.78, 5) is 23.3. The van der Waals surface area contributed by atoms with Crippen LogP contribution in [0.4, 0.5) is 11.8 Å². The zero-order chi connectivity index (χ0) is 22.8. The molecule has 0 amide bonds. The smallest absolute Gasteiger partial charge is 0.228 e. The van der Waals surface area contributed by atoms with Crippen molar-refractivity contribution < 1.29 is 0 Å². The molecule has 0 unspecified atom stereocenters. The third-order valence-electron chi connectivity index (χ3n) is 6.18. The summed E-state index contributed by atoms with van der Waals surface area (Å²) in [5, 5.41) is 3.26. The first-order chi connectivity index (χ1) is 16.0. The average molecular weight is 460 g/mol. The van der Waals surface area contributed by atoms with Crippen molar-refractivity contribution in [1.29, 1.82) is 0 Å². The van der Waals surface area contributed by atoms with Gasteiger partial charge in [-0.2, -0.15) is 0 Å². The van der Waals surface area contributed by atoms with Crippen molar-refractivity contribution in [1.82, 2.24) is 29.7 Å². The van der Waals surface area contributed by atoms with Gasteiger partial charge in [-0.15, -0.1) is 11.3 Å². The molecule has 170 valence electrons. The summed E-state index contributed by atoms with van der Waals surface area (Å²) in [6, 6.07) is 11.0. The van der Waals surface area contributed by atoms with Gasteiger partial charge in [0.1, 0.15) is 5.82 Å². The van der Waals surface area contributed by atoms with E-state index in [1.54, 1.807) is 11.3 Å². The second-order valence-corrected chi connectivity index (χ2v) is 9.73. The molecule has 0 spiro atoms. The van der Waals surface area contributed by atoms with Crippen molar-refractivity contribution in [3.05, 3.63) is 59.4 Å². The maximum absolute atomic E-state index is 4.77. The highest BCUT2D eigenvalue weighted by Gasteiger charge is 2.18. The third kappa shape index (κ3) is 5.03. The van der Waals surface area contributed by atoms with Crippen LogP contribution in [0, 0.1) is 6.92 Å². The first-order valence-corrected chi connectivity index (χ1v) is 12.3. The van der Waals surface area contributed by atoms with Crippen LogP contribution in [0.15, 0.2) is 48.2 Å². The molecule has 0 bridgehead atoms. The van der Waals surface area contributed by atoms with Crippen LogP contribution in [0.1, 0.15) is 25.0 Å². The molecule has 1 N–H and O–H groups in total. The molecule has 5 rings (SSSR count). The zero-order valence-electron chi connectivity index (χ0n) is 19.3. The summed E-state index contributed by atoms with van der Waals surface area (Å²) in [6.07, 6.45) is 3.80. The number of hydrogen-bond acceptors (Lipinski definition) is 8. The van der Waals surface area contributed by atoms with Crippen LogP contribution in [-0.2, 0) is 6.54 Å². The van der Waals surface area contributed by atoms with E-state index in [1.165, 1.54) is 10.3 Å². The molecule has 8 heteroatoms. The average Bonchev–Trinajstić information content (AvgIpc) is 3.30. The fourth-order valence-corrected chi connectivity index (χ4v) is 4.86. The lowest BCUT2D eigenvalue weighted by Gasteiger charge is -2.36. The highest BCUT2D eigenvalue weighted by Crippen LogP contribution is 2.27. The van der Waals surface area contributed by atoms with Crippen molar-refractivity contribution in [3.8, 4) is 11.3 Å².